The quantitative estimate of drug-likeness (QED) is 0.855. The van der Waals surface area contributed by atoms with Crippen molar-refractivity contribution in [2.45, 2.75) is 19.8 Å². The van der Waals surface area contributed by atoms with E-state index in [-0.39, 0.29) is 0 Å². The third kappa shape index (κ3) is 1.87. The summed E-state index contributed by atoms with van der Waals surface area (Å²) in [5, 5.41) is 4.36. The molecule has 0 saturated carbocycles. The second-order valence-electron chi connectivity index (χ2n) is 2.88. The van der Waals surface area contributed by atoms with Crippen molar-refractivity contribution in [3.8, 4) is 0 Å². The highest BCUT2D eigenvalue weighted by Crippen LogP contribution is 2.19. The molecule has 0 bridgehead atoms. The van der Waals surface area contributed by atoms with Crippen molar-refractivity contribution in [1.29, 1.82) is 0 Å². The number of hydrogen-bond acceptors (Lipinski definition) is 2. The van der Waals surface area contributed by atoms with Crippen LogP contribution in [-0.2, 0) is 13.5 Å². The largest absolute Gasteiger partial charge is 0.330 e. The first-order valence-corrected chi connectivity index (χ1v) is 4.84. The predicted octanol–water partition coefficient (Wildman–Crippen LogP) is 1.38. The molecule has 0 spiro atoms. The van der Waals surface area contributed by atoms with Crippen LogP contribution in [0, 0.1) is 6.92 Å². The number of nitrogens with zero attached hydrogens (tertiary/aromatic N) is 2. The Kier molecular flexibility index (Phi) is 3.29. The summed E-state index contributed by atoms with van der Waals surface area (Å²) < 4.78 is 2.91. The van der Waals surface area contributed by atoms with Gasteiger partial charge in [-0.1, -0.05) is 0 Å². The fourth-order valence-corrected chi connectivity index (χ4v) is 1.48. The molecule has 0 aliphatic carbocycles. The summed E-state index contributed by atoms with van der Waals surface area (Å²) in [4.78, 5) is 0. The molecule has 1 rings (SSSR count). The molecule has 0 aromatic carbocycles. The van der Waals surface area contributed by atoms with Gasteiger partial charge in [-0.05, 0) is 42.2 Å². The highest BCUT2D eigenvalue weighted by molar-refractivity contribution is 9.10. The lowest BCUT2D eigenvalue weighted by atomic mass is 10.2. The zero-order valence-electron chi connectivity index (χ0n) is 7.47. The lowest BCUT2D eigenvalue weighted by Crippen LogP contribution is -2.01. The van der Waals surface area contributed by atoms with E-state index in [1.165, 1.54) is 5.56 Å². The van der Waals surface area contributed by atoms with Crippen LogP contribution < -0.4 is 5.73 Å². The van der Waals surface area contributed by atoms with Crippen molar-refractivity contribution in [1.82, 2.24) is 9.78 Å². The number of nitrogens with two attached hydrogens (primary N) is 1. The number of halogens is 1. The third-order valence-corrected chi connectivity index (χ3v) is 3.02. The average Bonchev–Trinajstić information content (AvgIpc) is 2.30. The summed E-state index contributed by atoms with van der Waals surface area (Å²) in [5.74, 6) is 0. The molecule has 2 N–H and O–H groups in total. The summed E-state index contributed by atoms with van der Waals surface area (Å²) in [6.07, 6.45) is 1.98. The standard InChI is InChI=1S/C8H14BrN3/c1-6-7(4-3-5-10)11-12(2)8(6)9/h3-5,10H2,1-2H3. The second-order valence-corrected chi connectivity index (χ2v) is 3.63. The number of aromatic nitrogens is 2. The van der Waals surface area contributed by atoms with Crippen molar-refractivity contribution < 1.29 is 0 Å². The van der Waals surface area contributed by atoms with Crippen LogP contribution in [0.4, 0.5) is 0 Å². The van der Waals surface area contributed by atoms with Gasteiger partial charge in [-0.25, -0.2) is 0 Å². The Morgan fingerprint density at radius 2 is 2.25 bits per heavy atom. The fraction of sp³-hybridized carbons (Fsp3) is 0.625. The number of aryl methyl sites for hydroxylation is 2. The third-order valence-electron chi connectivity index (χ3n) is 1.91. The summed E-state index contributed by atoms with van der Waals surface area (Å²) in [6.45, 7) is 2.80. The van der Waals surface area contributed by atoms with Crippen LogP contribution in [0.25, 0.3) is 0 Å². The number of rotatable bonds is 3. The Morgan fingerprint density at radius 1 is 1.58 bits per heavy atom. The van der Waals surface area contributed by atoms with Crippen LogP contribution in [0.2, 0.25) is 0 Å². The Balaban J connectivity index is 2.79. The molecule has 0 atom stereocenters. The van der Waals surface area contributed by atoms with Gasteiger partial charge in [-0.15, -0.1) is 0 Å². The summed E-state index contributed by atoms with van der Waals surface area (Å²) in [6, 6.07) is 0. The van der Waals surface area contributed by atoms with E-state index in [1.54, 1.807) is 0 Å². The summed E-state index contributed by atoms with van der Waals surface area (Å²) >= 11 is 3.46. The van der Waals surface area contributed by atoms with Gasteiger partial charge in [-0.2, -0.15) is 5.10 Å². The molecule has 1 aromatic heterocycles. The van der Waals surface area contributed by atoms with E-state index < -0.39 is 0 Å². The second kappa shape index (κ2) is 4.05. The Hall–Kier alpha value is -0.350. The van der Waals surface area contributed by atoms with Crippen molar-refractivity contribution in [3.63, 3.8) is 0 Å². The molecule has 12 heavy (non-hydrogen) atoms. The minimum Gasteiger partial charge on any atom is -0.330 e. The first kappa shape index (κ1) is 9.74. The summed E-state index contributed by atoms with van der Waals surface area (Å²) in [7, 11) is 1.93. The van der Waals surface area contributed by atoms with E-state index in [1.807, 2.05) is 11.7 Å². The fourth-order valence-electron chi connectivity index (χ4n) is 1.17. The van der Waals surface area contributed by atoms with Gasteiger partial charge < -0.3 is 5.73 Å². The zero-order chi connectivity index (χ0) is 9.14. The molecule has 3 nitrogen and oxygen atoms in total. The highest BCUT2D eigenvalue weighted by atomic mass is 79.9. The van der Waals surface area contributed by atoms with Gasteiger partial charge in [0.25, 0.3) is 0 Å². The predicted molar refractivity (Wildman–Crippen MR) is 53.0 cm³/mol. The van der Waals surface area contributed by atoms with Gasteiger partial charge in [0.2, 0.25) is 0 Å². The maximum atomic E-state index is 5.42. The molecule has 0 aliphatic rings. The molecule has 0 saturated heterocycles. The Labute approximate surface area is 81.1 Å². The van der Waals surface area contributed by atoms with Gasteiger partial charge in [-0.3, -0.25) is 4.68 Å². The van der Waals surface area contributed by atoms with Crippen LogP contribution in [-0.4, -0.2) is 16.3 Å². The van der Waals surface area contributed by atoms with Gasteiger partial charge in [0.05, 0.1) is 5.69 Å². The van der Waals surface area contributed by atoms with Crippen LogP contribution in [0.15, 0.2) is 4.60 Å². The molecule has 68 valence electrons. The van der Waals surface area contributed by atoms with Crippen molar-refractivity contribution in [3.05, 3.63) is 15.9 Å². The minimum atomic E-state index is 0.730. The molecule has 1 aromatic rings. The van der Waals surface area contributed by atoms with Crippen LogP contribution >= 0.6 is 15.9 Å². The maximum Gasteiger partial charge on any atom is 0.106 e. The molecular weight excluding hydrogens is 218 g/mol. The highest BCUT2D eigenvalue weighted by Gasteiger charge is 2.08. The molecule has 0 fully saturated rings. The van der Waals surface area contributed by atoms with Crippen LogP contribution in [0.1, 0.15) is 17.7 Å². The van der Waals surface area contributed by atoms with E-state index in [4.69, 9.17) is 5.73 Å². The Bertz CT molecular complexity index is 268. The molecule has 1 heterocycles. The SMILES string of the molecule is Cc1c(CCCN)nn(C)c1Br. The van der Waals surface area contributed by atoms with Gasteiger partial charge >= 0.3 is 0 Å². The molecule has 0 unspecified atom stereocenters. The topological polar surface area (TPSA) is 43.8 Å². The van der Waals surface area contributed by atoms with Gasteiger partial charge in [0.15, 0.2) is 0 Å². The lowest BCUT2D eigenvalue weighted by molar-refractivity contribution is 0.712. The lowest BCUT2D eigenvalue weighted by Gasteiger charge is -1.94. The van der Waals surface area contributed by atoms with Crippen molar-refractivity contribution in [2.24, 2.45) is 12.8 Å². The van der Waals surface area contributed by atoms with Crippen molar-refractivity contribution >= 4 is 15.9 Å². The molecular formula is C8H14BrN3. The molecule has 0 amide bonds. The van der Waals surface area contributed by atoms with Gasteiger partial charge in [0.1, 0.15) is 4.60 Å². The monoisotopic (exact) mass is 231 g/mol. The maximum absolute atomic E-state index is 5.42. The molecule has 4 heteroatoms. The van der Waals surface area contributed by atoms with E-state index in [0.29, 0.717) is 0 Å². The van der Waals surface area contributed by atoms with Crippen LogP contribution in [0.5, 0.6) is 0 Å². The normalized spacial score (nSPS) is 10.7. The van der Waals surface area contributed by atoms with E-state index in [9.17, 15) is 0 Å². The van der Waals surface area contributed by atoms with Crippen LogP contribution in [0.3, 0.4) is 0 Å². The summed E-state index contributed by atoms with van der Waals surface area (Å²) in [5.41, 5.74) is 7.80. The average molecular weight is 232 g/mol. The zero-order valence-corrected chi connectivity index (χ0v) is 9.06. The Morgan fingerprint density at radius 3 is 2.67 bits per heavy atom. The van der Waals surface area contributed by atoms with E-state index in [0.717, 1.165) is 29.7 Å². The van der Waals surface area contributed by atoms with E-state index >= 15 is 0 Å². The molecule has 0 radical (unpaired) electrons. The molecule has 0 aliphatic heterocycles. The first-order chi connectivity index (χ1) is 5.66. The first-order valence-electron chi connectivity index (χ1n) is 4.05. The van der Waals surface area contributed by atoms with Gasteiger partial charge in [0, 0.05) is 12.6 Å². The van der Waals surface area contributed by atoms with E-state index in [2.05, 4.69) is 28.0 Å². The smallest absolute Gasteiger partial charge is 0.106 e. The number of hydrogen-bond donors (Lipinski definition) is 1. The minimum absolute atomic E-state index is 0.730. The van der Waals surface area contributed by atoms with Crippen molar-refractivity contribution in [2.75, 3.05) is 6.54 Å².